The summed E-state index contributed by atoms with van der Waals surface area (Å²) in [6.45, 7) is 3.73. The van der Waals surface area contributed by atoms with Crippen LogP contribution >= 0.6 is 0 Å². The van der Waals surface area contributed by atoms with Gasteiger partial charge in [0.2, 0.25) is 11.7 Å². The van der Waals surface area contributed by atoms with Gasteiger partial charge in [0.25, 0.3) is 0 Å². The molecule has 1 amide bonds. The number of aliphatic carboxylic acids is 1. The topological polar surface area (TPSA) is 88.5 Å². The molecule has 26 heavy (non-hydrogen) atoms. The molecule has 1 aromatic rings. The van der Waals surface area contributed by atoms with Gasteiger partial charge in [0, 0.05) is 33.1 Å². The lowest BCUT2D eigenvalue weighted by Crippen LogP contribution is -2.38. The average Bonchev–Trinajstić information content (AvgIpc) is 2.86. The molecule has 0 unspecified atom stereocenters. The maximum Gasteiger partial charge on any atom is 0.325 e. The van der Waals surface area contributed by atoms with Gasteiger partial charge in [-0.05, 0) is 24.1 Å². The number of methoxy groups -OCH3 is 3. The predicted molar refractivity (Wildman–Crippen MR) is 94.9 cm³/mol. The van der Waals surface area contributed by atoms with E-state index in [1.807, 2.05) is 4.90 Å². The van der Waals surface area contributed by atoms with Crippen molar-refractivity contribution in [1.29, 1.82) is 0 Å². The van der Waals surface area contributed by atoms with E-state index in [1.54, 1.807) is 17.0 Å². The molecule has 1 atom stereocenters. The molecule has 144 valence electrons. The molecule has 1 N–H and O–H groups in total. The highest BCUT2D eigenvalue weighted by Gasteiger charge is 2.31. The van der Waals surface area contributed by atoms with Crippen molar-refractivity contribution in [3.63, 3.8) is 0 Å². The van der Waals surface area contributed by atoms with Gasteiger partial charge >= 0.3 is 5.97 Å². The molecule has 0 aromatic heterocycles. The van der Waals surface area contributed by atoms with E-state index in [9.17, 15) is 14.7 Å². The van der Waals surface area contributed by atoms with Crippen molar-refractivity contribution in [2.75, 3.05) is 47.5 Å². The molecule has 0 saturated carbocycles. The maximum absolute atomic E-state index is 12.0. The zero-order valence-electron chi connectivity index (χ0n) is 15.7. The number of carboxylic acids is 1. The molecule has 0 bridgehead atoms. The van der Waals surface area contributed by atoms with Crippen LogP contribution in [0.2, 0.25) is 0 Å². The summed E-state index contributed by atoms with van der Waals surface area (Å²) in [6.07, 6.45) is 0.716. The lowest BCUT2D eigenvalue weighted by atomic mass is 10.0. The van der Waals surface area contributed by atoms with E-state index in [2.05, 4.69) is 0 Å². The van der Waals surface area contributed by atoms with Crippen molar-refractivity contribution < 1.29 is 28.9 Å². The molecule has 1 aliphatic heterocycles. The molecule has 1 aromatic carbocycles. The molecule has 0 aliphatic carbocycles. The van der Waals surface area contributed by atoms with Crippen LogP contribution in [0.5, 0.6) is 17.2 Å². The summed E-state index contributed by atoms with van der Waals surface area (Å²) in [7, 11) is 4.49. The van der Waals surface area contributed by atoms with Gasteiger partial charge in [0.15, 0.2) is 11.5 Å². The second-order valence-corrected chi connectivity index (χ2v) is 6.10. The number of benzene rings is 1. The molecule has 2 rings (SSSR count). The monoisotopic (exact) mass is 366 g/mol. The second kappa shape index (κ2) is 8.75. The molecule has 8 heteroatoms. The predicted octanol–water partition coefficient (Wildman–Crippen LogP) is 1.39. The van der Waals surface area contributed by atoms with Crippen molar-refractivity contribution in [3.8, 4) is 17.2 Å². The number of nitrogens with zero attached hydrogens (tertiary/aromatic N) is 2. The van der Waals surface area contributed by atoms with Crippen LogP contribution in [-0.2, 0) is 9.59 Å². The summed E-state index contributed by atoms with van der Waals surface area (Å²) in [4.78, 5) is 27.3. The third-order valence-corrected chi connectivity index (χ3v) is 4.58. The second-order valence-electron chi connectivity index (χ2n) is 6.10. The molecule has 1 saturated heterocycles. The Morgan fingerprint density at radius 2 is 1.62 bits per heavy atom. The van der Waals surface area contributed by atoms with Crippen LogP contribution < -0.4 is 14.2 Å². The van der Waals surface area contributed by atoms with Crippen molar-refractivity contribution in [1.82, 2.24) is 9.80 Å². The number of carboxylic acid groups (broad SMARTS) is 1. The van der Waals surface area contributed by atoms with Crippen LogP contribution in [0.3, 0.4) is 0 Å². The highest BCUT2D eigenvalue weighted by molar-refractivity contribution is 5.77. The first kappa shape index (κ1) is 19.8. The normalized spacial score (nSPS) is 16.5. The van der Waals surface area contributed by atoms with E-state index in [0.717, 1.165) is 0 Å². The first-order chi connectivity index (χ1) is 12.4. The Balaban J connectivity index is 2.38. The summed E-state index contributed by atoms with van der Waals surface area (Å²) < 4.78 is 16.0. The molecular formula is C18H26N2O6. The van der Waals surface area contributed by atoms with Crippen LogP contribution in [0.15, 0.2) is 12.1 Å². The number of carbonyl (C=O) groups excluding carboxylic acids is 1. The molecular weight excluding hydrogens is 340 g/mol. The van der Waals surface area contributed by atoms with Crippen LogP contribution in [0, 0.1) is 0 Å². The third kappa shape index (κ3) is 4.19. The van der Waals surface area contributed by atoms with E-state index in [-0.39, 0.29) is 5.91 Å². The summed E-state index contributed by atoms with van der Waals surface area (Å²) in [5.41, 5.74) is 0.545. The van der Waals surface area contributed by atoms with E-state index in [0.29, 0.717) is 55.4 Å². The van der Waals surface area contributed by atoms with Crippen molar-refractivity contribution in [2.24, 2.45) is 0 Å². The van der Waals surface area contributed by atoms with Gasteiger partial charge in [-0.15, -0.1) is 0 Å². The van der Waals surface area contributed by atoms with E-state index < -0.39 is 12.0 Å². The first-order valence-corrected chi connectivity index (χ1v) is 8.45. The fraction of sp³-hybridized carbons (Fsp3) is 0.556. The minimum atomic E-state index is -0.962. The van der Waals surface area contributed by atoms with Gasteiger partial charge in [-0.1, -0.05) is 0 Å². The molecule has 0 spiro atoms. The largest absolute Gasteiger partial charge is 0.493 e. The number of carbonyl (C=O) groups is 2. The first-order valence-electron chi connectivity index (χ1n) is 8.45. The van der Waals surface area contributed by atoms with E-state index >= 15 is 0 Å². The number of hydrogen-bond acceptors (Lipinski definition) is 6. The van der Waals surface area contributed by atoms with Crippen LogP contribution in [0.25, 0.3) is 0 Å². The number of ether oxygens (including phenoxy) is 3. The van der Waals surface area contributed by atoms with Gasteiger partial charge in [-0.3, -0.25) is 14.5 Å². The van der Waals surface area contributed by atoms with Crippen molar-refractivity contribution in [2.45, 2.75) is 19.4 Å². The minimum absolute atomic E-state index is 0.00603. The zero-order chi connectivity index (χ0) is 19.3. The van der Waals surface area contributed by atoms with Gasteiger partial charge in [0.1, 0.15) is 6.04 Å². The summed E-state index contributed by atoms with van der Waals surface area (Å²) in [5.74, 6) is 0.283. The fourth-order valence-corrected chi connectivity index (χ4v) is 3.28. The summed E-state index contributed by atoms with van der Waals surface area (Å²) in [6, 6.07) is 2.46. The summed E-state index contributed by atoms with van der Waals surface area (Å²) >= 11 is 0. The van der Waals surface area contributed by atoms with Crippen LogP contribution in [0.1, 0.15) is 24.9 Å². The molecule has 1 aliphatic rings. The van der Waals surface area contributed by atoms with E-state index in [1.165, 1.54) is 28.3 Å². The Bertz CT molecular complexity index is 638. The zero-order valence-corrected chi connectivity index (χ0v) is 15.7. The molecule has 1 heterocycles. The van der Waals surface area contributed by atoms with Crippen molar-refractivity contribution >= 4 is 11.9 Å². The van der Waals surface area contributed by atoms with Gasteiger partial charge in [-0.25, -0.2) is 0 Å². The number of amides is 1. The Labute approximate surface area is 153 Å². The number of hydrogen-bond donors (Lipinski definition) is 1. The third-order valence-electron chi connectivity index (χ3n) is 4.58. The standard InChI is InChI=1S/C18H26N2O6/c1-12(21)19-6-5-7-20(9-8-19)16(18(22)23)13-10-14(24-2)17(26-4)15(11-13)25-3/h10-11,16H,5-9H2,1-4H3,(H,22,23)/t16-/m0/s1. The Morgan fingerprint density at radius 1 is 1.00 bits per heavy atom. The Kier molecular flexibility index (Phi) is 6.68. The van der Waals surface area contributed by atoms with Gasteiger partial charge in [-0.2, -0.15) is 0 Å². The van der Waals surface area contributed by atoms with Crippen LogP contribution in [0.4, 0.5) is 0 Å². The molecule has 1 fully saturated rings. The molecule has 8 nitrogen and oxygen atoms in total. The Morgan fingerprint density at radius 3 is 2.08 bits per heavy atom. The van der Waals surface area contributed by atoms with Gasteiger partial charge < -0.3 is 24.2 Å². The lowest BCUT2D eigenvalue weighted by molar-refractivity contribution is -0.143. The highest BCUT2D eigenvalue weighted by atomic mass is 16.5. The van der Waals surface area contributed by atoms with E-state index in [4.69, 9.17) is 14.2 Å². The quantitative estimate of drug-likeness (QED) is 0.814. The maximum atomic E-state index is 12.0. The minimum Gasteiger partial charge on any atom is -0.493 e. The average molecular weight is 366 g/mol. The van der Waals surface area contributed by atoms with Crippen LogP contribution in [-0.4, -0.2) is 74.3 Å². The molecule has 0 radical (unpaired) electrons. The van der Waals surface area contributed by atoms with Gasteiger partial charge in [0.05, 0.1) is 21.3 Å². The van der Waals surface area contributed by atoms with Crippen molar-refractivity contribution in [3.05, 3.63) is 17.7 Å². The number of rotatable bonds is 6. The Hall–Kier alpha value is -2.48. The fourth-order valence-electron chi connectivity index (χ4n) is 3.28. The SMILES string of the molecule is COc1cc([C@@H](C(=O)O)N2CCCN(C(C)=O)CC2)cc(OC)c1OC. The lowest BCUT2D eigenvalue weighted by Gasteiger charge is -2.28. The summed E-state index contributed by atoms with van der Waals surface area (Å²) in [5, 5.41) is 9.86. The smallest absolute Gasteiger partial charge is 0.325 e. The highest BCUT2D eigenvalue weighted by Crippen LogP contribution is 2.40.